The van der Waals surface area contributed by atoms with Gasteiger partial charge in [0.05, 0.1) is 0 Å². The molecule has 0 heterocycles. The molecule has 2 amide bonds. The van der Waals surface area contributed by atoms with E-state index in [1.165, 1.54) is 71.0 Å². The van der Waals surface area contributed by atoms with Gasteiger partial charge >= 0.3 is 6.03 Å². The van der Waals surface area contributed by atoms with Crippen LogP contribution in [0.1, 0.15) is 52.6 Å². The molecule has 2 aromatic rings. The Morgan fingerprint density at radius 2 is 1.42 bits per heavy atom. The lowest BCUT2D eigenvalue weighted by Crippen LogP contribution is -2.24. The SMILES string of the molecule is O=C(NSc1ccc2c(c1)CCC2)Nc1c2c(cc3c1CCC3)CCC2. The highest BCUT2D eigenvalue weighted by Crippen LogP contribution is 2.38. The molecule has 0 radical (unpaired) electrons. The highest BCUT2D eigenvalue weighted by Gasteiger charge is 2.25. The van der Waals surface area contributed by atoms with E-state index in [1.54, 1.807) is 0 Å². The molecule has 134 valence electrons. The van der Waals surface area contributed by atoms with Crippen LogP contribution in [0.15, 0.2) is 29.2 Å². The molecule has 0 saturated heterocycles. The number of nitrogens with one attached hydrogen (secondary N) is 2. The minimum absolute atomic E-state index is 0.107. The molecule has 3 nitrogen and oxygen atoms in total. The van der Waals surface area contributed by atoms with E-state index in [0.717, 1.165) is 42.7 Å². The molecule has 26 heavy (non-hydrogen) atoms. The number of urea groups is 1. The monoisotopic (exact) mass is 364 g/mol. The summed E-state index contributed by atoms with van der Waals surface area (Å²) in [6.45, 7) is 0. The number of rotatable bonds is 3. The Balaban J connectivity index is 1.31. The maximum atomic E-state index is 12.6. The van der Waals surface area contributed by atoms with Crippen LogP contribution in [-0.4, -0.2) is 6.03 Å². The lowest BCUT2D eigenvalue weighted by atomic mass is 9.99. The molecular weight excluding hydrogens is 340 g/mol. The molecule has 0 fully saturated rings. The van der Waals surface area contributed by atoms with Gasteiger partial charge in [0.15, 0.2) is 0 Å². The van der Waals surface area contributed by atoms with E-state index in [0.29, 0.717) is 0 Å². The van der Waals surface area contributed by atoms with Crippen LogP contribution in [0.4, 0.5) is 10.5 Å². The number of hydrogen-bond donors (Lipinski definition) is 2. The van der Waals surface area contributed by atoms with Crippen molar-refractivity contribution in [3.8, 4) is 0 Å². The first kappa shape index (κ1) is 16.2. The van der Waals surface area contributed by atoms with Crippen LogP contribution in [0, 0.1) is 0 Å². The zero-order valence-electron chi connectivity index (χ0n) is 15.0. The Bertz CT molecular complexity index is 858. The van der Waals surface area contributed by atoms with E-state index in [-0.39, 0.29) is 6.03 Å². The van der Waals surface area contributed by atoms with Crippen LogP contribution in [0.25, 0.3) is 0 Å². The number of aryl methyl sites for hydroxylation is 4. The van der Waals surface area contributed by atoms with Gasteiger partial charge in [-0.1, -0.05) is 12.1 Å². The third-order valence-corrected chi connectivity index (χ3v) is 6.82. The molecule has 0 aliphatic heterocycles. The van der Waals surface area contributed by atoms with Gasteiger partial charge in [-0.2, -0.15) is 0 Å². The van der Waals surface area contributed by atoms with Crippen LogP contribution in [0.2, 0.25) is 0 Å². The molecule has 0 aromatic heterocycles. The summed E-state index contributed by atoms with van der Waals surface area (Å²) in [5.41, 5.74) is 9.68. The summed E-state index contributed by atoms with van der Waals surface area (Å²) in [6.07, 6.45) is 10.5. The Labute approximate surface area is 159 Å². The fourth-order valence-corrected chi connectivity index (χ4v) is 5.42. The molecule has 0 unspecified atom stereocenters. The van der Waals surface area contributed by atoms with Crippen molar-refractivity contribution in [2.45, 2.75) is 62.7 Å². The van der Waals surface area contributed by atoms with Crippen LogP contribution < -0.4 is 10.0 Å². The van der Waals surface area contributed by atoms with Crippen molar-refractivity contribution < 1.29 is 4.79 Å². The van der Waals surface area contributed by atoms with E-state index >= 15 is 0 Å². The van der Waals surface area contributed by atoms with Crippen molar-refractivity contribution in [1.29, 1.82) is 0 Å². The summed E-state index contributed by atoms with van der Waals surface area (Å²) >= 11 is 1.42. The second-order valence-electron chi connectivity index (χ2n) is 7.68. The first-order chi connectivity index (χ1) is 12.8. The molecule has 2 aromatic carbocycles. The normalized spacial score (nSPS) is 16.9. The van der Waals surface area contributed by atoms with Crippen LogP contribution in [0.5, 0.6) is 0 Å². The topological polar surface area (TPSA) is 41.1 Å². The minimum atomic E-state index is -0.107. The summed E-state index contributed by atoms with van der Waals surface area (Å²) in [6, 6.07) is 8.84. The van der Waals surface area contributed by atoms with Gasteiger partial charge in [-0.15, -0.1) is 0 Å². The Hall–Kier alpha value is -1.94. The van der Waals surface area contributed by atoms with Crippen molar-refractivity contribution in [1.82, 2.24) is 4.72 Å². The molecule has 0 saturated carbocycles. The van der Waals surface area contributed by atoms with E-state index in [9.17, 15) is 4.79 Å². The molecule has 3 aliphatic rings. The van der Waals surface area contributed by atoms with Crippen LogP contribution in [-0.2, 0) is 38.5 Å². The fourth-order valence-electron chi connectivity index (χ4n) is 4.82. The fraction of sp³-hybridized carbons (Fsp3) is 0.409. The first-order valence-electron chi connectivity index (χ1n) is 9.80. The van der Waals surface area contributed by atoms with Gasteiger partial charge in [0, 0.05) is 10.6 Å². The number of anilines is 1. The average Bonchev–Trinajstić information content (AvgIpc) is 3.38. The Morgan fingerprint density at radius 1 is 0.769 bits per heavy atom. The molecule has 2 N–H and O–H groups in total. The van der Waals surface area contributed by atoms with Gasteiger partial charge in [-0.05, 0) is 115 Å². The van der Waals surface area contributed by atoms with E-state index in [2.05, 4.69) is 34.3 Å². The first-order valence-corrected chi connectivity index (χ1v) is 10.6. The molecule has 0 spiro atoms. The molecule has 3 aliphatic carbocycles. The van der Waals surface area contributed by atoms with Crippen molar-refractivity contribution >= 4 is 23.7 Å². The maximum Gasteiger partial charge on any atom is 0.329 e. The van der Waals surface area contributed by atoms with E-state index in [4.69, 9.17) is 0 Å². The van der Waals surface area contributed by atoms with Gasteiger partial charge in [-0.3, -0.25) is 4.72 Å². The standard InChI is InChI=1S/C22H24N2OS/c25-22(24-26-18-11-10-14-4-1-5-15(14)13-18)23-21-19-8-2-6-16(19)12-17-7-3-9-20(17)21/h10-13H,1-9H2,(H2,23,24,25). The zero-order valence-corrected chi connectivity index (χ0v) is 15.8. The third kappa shape index (κ3) is 2.90. The molecule has 0 atom stereocenters. The van der Waals surface area contributed by atoms with Crippen molar-refractivity contribution in [3.63, 3.8) is 0 Å². The second-order valence-corrected chi connectivity index (χ2v) is 8.56. The van der Waals surface area contributed by atoms with Gasteiger partial charge < -0.3 is 5.32 Å². The average molecular weight is 365 g/mol. The predicted octanol–water partition coefficient (Wildman–Crippen LogP) is 4.98. The number of carbonyl (C=O) groups is 1. The highest BCUT2D eigenvalue weighted by atomic mass is 32.2. The van der Waals surface area contributed by atoms with E-state index < -0.39 is 0 Å². The number of carbonyl (C=O) groups excluding carboxylic acids is 1. The number of amides is 2. The third-order valence-electron chi connectivity index (χ3n) is 6.04. The number of fused-ring (bicyclic) bond motifs is 3. The van der Waals surface area contributed by atoms with E-state index in [1.807, 2.05) is 0 Å². The summed E-state index contributed by atoms with van der Waals surface area (Å²) in [4.78, 5) is 13.7. The van der Waals surface area contributed by atoms with Crippen LogP contribution >= 0.6 is 11.9 Å². The number of benzene rings is 2. The van der Waals surface area contributed by atoms with Gasteiger partial charge in [0.25, 0.3) is 0 Å². The smallest absolute Gasteiger partial charge is 0.307 e. The summed E-state index contributed by atoms with van der Waals surface area (Å²) < 4.78 is 2.99. The molecular formula is C22H24N2OS. The van der Waals surface area contributed by atoms with Crippen molar-refractivity contribution in [2.24, 2.45) is 0 Å². The predicted molar refractivity (Wildman–Crippen MR) is 107 cm³/mol. The lowest BCUT2D eigenvalue weighted by Gasteiger charge is -2.16. The molecule has 5 rings (SSSR count). The maximum absolute atomic E-state index is 12.6. The van der Waals surface area contributed by atoms with Gasteiger partial charge in [0.1, 0.15) is 0 Å². The summed E-state index contributed by atoms with van der Waals surface area (Å²) in [7, 11) is 0. The Kier molecular flexibility index (Phi) is 4.16. The number of hydrogen-bond acceptors (Lipinski definition) is 2. The zero-order chi connectivity index (χ0) is 17.5. The quantitative estimate of drug-likeness (QED) is 0.754. The minimum Gasteiger partial charge on any atom is -0.307 e. The Morgan fingerprint density at radius 3 is 2.19 bits per heavy atom. The molecule has 4 heteroatoms. The summed E-state index contributed by atoms with van der Waals surface area (Å²) in [5, 5.41) is 3.19. The lowest BCUT2D eigenvalue weighted by molar-refractivity contribution is 0.257. The van der Waals surface area contributed by atoms with Gasteiger partial charge in [-0.25, -0.2) is 4.79 Å². The largest absolute Gasteiger partial charge is 0.329 e. The van der Waals surface area contributed by atoms with Crippen molar-refractivity contribution in [2.75, 3.05) is 5.32 Å². The van der Waals surface area contributed by atoms with Gasteiger partial charge in [0.2, 0.25) is 0 Å². The summed E-state index contributed by atoms with van der Waals surface area (Å²) in [5.74, 6) is 0. The highest BCUT2D eigenvalue weighted by molar-refractivity contribution is 7.98. The van der Waals surface area contributed by atoms with Crippen molar-refractivity contribution in [3.05, 3.63) is 57.6 Å². The second kappa shape index (κ2) is 6.66. The van der Waals surface area contributed by atoms with Crippen LogP contribution in [0.3, 0.4) is 0 Å². The molecule has 0 bridgehead atoms.